The van der Waals surface area contributed by atoms with Gasteiger partial charge in [-0.3, -0.25) is 4.79 Å². The Hall–Kier alpha value is -2.67. The lowest BCUT2D eigenvalue weighted by molar-refractivity contribution is -0.123. The van der Waals surface area contributed by atoms with E-state index in [-0.39, 0.29) is 16.7 Å². The van der Waals surface area contributed by atoms with Crippen LogP contribution in [0.4, 0.5) is 5.69 Å². The molecule has 152 valence electrons. The van der Waals surface area contributed by atoms with E-state index in [2.05, 4.69) is 4.40 Å². The number of sulfonamides is 1. The third-order valence-corrected chi connectivity index (χ3v) is 7.00. The van der Waals surface area contributed by atoms with Crippen LogP contribution in [0.25, 0.3) is 0 Å². The molecule has 0 saturated carbocycles. The number of amides is 1. The summed E-state index contributed by atoms with van der Waals surface area (Å²) in [5, 5.41) is 0. The molecular formula is C22H25N3O3S. The van der Waals surface area contributed by atoms with Gasteiger partial charge in [-0.15, -0.1) is 4.40 Å². The number of nitrogens with zero attached hydrogens (tertiary/aromatic N) is 3. The van der Waals surface area contributed by atoms with Crippen LogP contribution in [-0.2, 0) is 14.8 Å². The van der Waals surface area contributed by atoms with Crippen molar-refractivity contribution in [3.8, 4) is 0 Å². The fourth-order valence-electron chi connectivity index (χ4n) is 4.22. The zero-order chi connectivity index (χ0) is 20.6. The maximum absolute atomic E-state index is 13.4. The van der Waals surface area contributed by atoms with Crippen LogP contribution in [0.2, 0.25) is 0 Å². The molecule has 1 amide bonds. The summed E-state index contributed by atoms with van der Waals surface area (Å²) >= 11 is 0. The van der Waals surface area contributed by atoms with Crippen LogP contribution in [-0.4, -0.2) is 44.7 Å². The topological polar surface area (TPSA) is 70.1 Å². The van der Waals surface area contributed by atoms with Crippen LogP contribution in [0.15, 0.2) is 57.8 Å². The Labute approximate surface area is 171 Å². The minimum Gasteiger partial charge on any atom is -0.355 e. The molecule has 2 aliphatic heterocycles. The lowest BCUT2D eigenvalue weighted by atomic mass is 9.95. The summed E-state index contributed by atoms with van der Waals surface area (Å²) in [6.45, 7) is 5.76. The average Bonchev–Trinajstić information content (AvgIpc) is 3.01. The summed E-state index contributed by atoms with van der Waals surface area (Å²) in [7, 11) is -3.66. The van der Waals surface area contributed by atoms with Crippen LogP contribution < -0.4 is 4.90 Å². The number of anilines is 1. The van der Waals surface area contributed by atoms with Crippen molar-refractivity contribution in [1.82, 2.24) is 4.90 Å². The third-order valence-electron chi connectivity index (χ3n) is 5.67. The molecule has 1 atom stereocenters. The lowest BCUT2D eigenvalue weighted by Crippen LogP contribution is -2.47. The van der Waals surface area contributed by atoms with Gasteiger partial charge < -0.3 is 9.80 Å². The molecule has 29 heavy (non-hydrogen) atoms. The standard InChI is InChI=1S/C22H25N3O3S/c1-3-25(19-12-6-4-9-16(19)2)22(26)17-10-8-14-24(15-17)21-18-11-5-7-13-20(18)29(27,28)23-21/h4-7,9,11-13,17H,3,8,10,14-15H2,1-2H3/t17-/m1/s1. The van der Waals surface area contributed by atoms with E-state index in [0.717, 1.165) is 24.1 Å². The number of para-hydroxylation sites is 1. The maximum Gasteiger partial charge on any atom is 0.285 e. The Morgan fingerprint density at radius 3 is 2.66 bits per heavy atom. The van der Waals surface area contributed by atoms with E-state index in [0.29, 0.717) is 31.0 Å². The van der Waals surface area contributed by atoms with Gasteiger partial charge in [0.25, 0.3) is 10.0 Å². The van der Waals surface area contributed by atoms with E-state index in [1.807, 2.05) is 54.0 Å². The van der Waals surface area contributed by atoms with Gasteiger partial charge in [0.15, 0.2) is 5.84 Å². The molecule has 0 bridgehead atoms. The van der Waals surface area contributed by atoms with Crippen LogP contribution in [0.1, 0.15) is 30.9 Å². The van der Waals surface area contributed by atoms with Crippen LogP contribution in [0, 0.1) is 12.8 Å². The number of fused-ring (bicyclic) bond motifs is 1. The largest absolute Gasteiger partial charge is 0.355 e. The first kappa shape index (κ1) is 19.6. The molecule has 0 radical (unpaired) electrons. The Bertz CT molecular complexity index is 1080. The number of hydrogen-bond donors (Lipinski definition) is 0. The number of carbonyl (C=O) groups excluding carboxylic acids is 1. The Morgan fingerprint density at radius 2 is 1.90 bits per heavy atom. The van der Waals surface area contributed by atoms with Gasteiger partial charge in [-0.25, -0.2) is 0 Å². The van der Waals surface area contributed by atoms with Gasteiger partial charge in [-0.2, -0.15) is 8.42 Å². The van der Waals surface area contributed by atoms with E-state index >= 15 is 0 Å². The van der Waals surface area contributed by atoms with E-state index in [9.17, 15) is 13.2 Å². The van der Waals surface area contributed by atoms with E-state index in [4.69, 9.17) is 0 Å². The molecule has 0 unspecified atom stereocenters. The van der Waals surface area contributed by atoms with Crippen molar-refractivity contribution in [2.45, 2.75) is 31.6 Å². The highest BCUT2D eigenvalue weighted by atomic mass is 32.2. The van der Waals surface area contributed by atoms with E-state index in [1.165, 1.54) is 0 Å². The SMILES string of the molecule is CCN(C(=O)[C@@H]1CCCN(C2=NS(=O)(=O)c3ccccc32)C1)c1ccccc1C. The summed E-state index contributed by atoms with van der Waals surface area (Å²) < 4.78 is 28.9. The van der Waals surface area contributed by atoms with Gasteiger partial charge in [0, 0.05) is 30.9 Å². The minimum absolute atomic E-state index is 0.0845. The summed E-state index contributed by atoms with van der Waals surface area (Å²) in [4.78, 5) is 17.4. The molecule has 2 heterocycles. The molecule has 2 aromatic rings. The molecule has 2 aromatic carbocycles. The first-order valence-corrected chi connectivity index (χ1v) is 11.4. The number of hydrogen-bond acceptors (Lipinski definition) is 4. The summed E-state index contributed by atoms with van der Waals surface area (Å²) in [5.41, 5.74) is 2.63. The number of amidine groups is 1. The molecule has 4 rings (SSSR count). The van der Waals surface area contributed by atoms with Crippen molar-refractivity contribution in [2.75, 3.05) is 24.5 Å². The monoisotopic (exact) mass is 411 g/mol. The first-order chi connectivity index (χ1) is 13.9. The fraction of sp³-hybridized carbons (Fsp3) is 0.364. The molecule has 1 fully saturated rings. The van der Waals surface area contributed by atoms with Crippen LogP contribution in [0.5, 0.6) is 0 Å². The number of benzene rings is 2. The quantitative estimate of drug-likeness (QED) is 0.778. The average molecular weight is 412 g/mol. The van der Waals surface area contributed by atoms with Crippen LogP contribution in [0.3, 0.4) is 0 Å². The second-order valence-corrected chi connectivity index (χ2v) is 9.11. The molecule has 6 nitrogen and oxygen atoms in total. The zero-order valence-electron chi connectivity index (χ0n) is 16.7. The normalized spacial score (nSPS) is 20.1. The summed E-state index contributed by atoms with van der Waals surface area (Å²) in [6, 6.07) is 14.8. The lowest BCUT2D eigenvalue weighted by Gasteiger charge is -2.36. The molecule has 1 saturated heterocycles. The first-order valence-electron chi connectivity index (χ1n) is 9.98. The van der Waals surface area contributed by atoms with Crippen molar-refractivity contribution in [3.05, 3.63) is 59.7 Å². The molecule has 0 aliphatic carbocycles. The van der Waals surface area contributed by atoms with Gasteiger partial charge in [-0.1, -0.05) is 30.3 Å². The fourth-order valence-corrected chi connectivity index (χ4v) is 5.45. The van der Waals surface area contributed by atoms with Crippen molar-refractivity contribution >= 4 is 27.5 Å². The number of likely N-dealkylation sites (tertiary alicyclic amines) is 1. The van der Waals surface area contributed by atoms with Gasteiger partial charge in [0.1, 0.15) is 4.90 Å². The molecule has 0 spiro atoms. The number of carbonyl (C=O) groups is 1. The van der Waals surface area contributed by atoms with Crippen LogP contribution >= 0.6 is 0 Å². The summed E-state index contributed by atoms with van der Waals surface area (Å²) in [6.07, 6.45) is 1.61. The van der Waals surface area contributed by atoms with Crippen molar-refractivity contribution < 1.29 is 13.2 Å². The third kappa shape index (κ3) is 3.55. The second-order valence-electron chi connectivity index (χ2n) is 7.54. The zero-order valence-corrected chi connectivity index (χ0v) is 17.5. The van der Waals surface area contributed by atoms with E-state index < -0.39 is 10.0 Å². The minimum atomic E-state index is -3.66. The van der Waals surface area contributed by atoms with Gasteiger partial charge in [-0.05, 0) is 50.5 Å². The summed E-state index contributed by atoms with van der Waals surface area (Å²) in [5.74, 6) is 0.361. The highest BCUT2D eigenvalue weighted by Gasteiger charge is 2.36. The predicted octanol–water partition coefficient (Wildman–Crippen LogP) is 3.21. The van der Waals surface area contributed by atoms with Gasteiger partial charge in [0.2, 0.25) is 5.91 Å². The maximum atomic E-state index is 13.4. The molecule has 7 heteroatoms. The molecule has 2 aliphatic rings. The van der Waals surface area contributed by atoms with Gasteiger partial charge >= 0.3 is 0 Å². The van der Waals surface area contributed by atoms with Crippen molar-refractivity contribution in [3.63, 3.8) is 0 Å². The smallest absolute Gasteiger partial charge is 0.285 e. The number of piperidine rings is 1. The Kier molecular flexibility index (Phi) is 5.17. The molecule has 0 aromatic heterocycles. The number of rotatable bonds is 3. The van der Waals surface area contributed by atoms with E-state index in [1.54, 1.807) is 18.2 Å². The Balaban J connectivity index is 1.59. The highest BCUT2D eigenvalue weighted by Crippen LogP contribution is 2.31. The number of aryl methyl sites for hydroxylation is 1. The Morgan fingerprint density at radius 1 is 1.17 bits per heavy atom. The molecule has 0 N–H and O–H groups in total. The van der Waals surface area contributed by atoms with Crippen molar-refractivity contribution in [1.29, 1.82) is 0 Å². The predicted molar refractivity (Wildman–Crippen MR) is 114 cm³/mol. The molecular weight excluding hydrogens is 386 g/mol. The van der Waals surface area contributed by atoms with Crippen molar-refractivity contribution in [2.24, 2.45) is 10.3 Å². The highest BCUT2D eigenvalue weighted by molar-refractivity contribution is 7.90. The second kappa shape index (κ2) is 7.63. The van der Waals surface area contributed by atoms with Gasteiger partial charge in [0.05, 0.1) is 5.92 Å².